The Bertz CT molecular complexity index is 403. The average Bonchev–Trinajstić information content (AvgIpc) is 2.61. The Morgan fingerprint density at radius 2 is 2.38 bits per heavy atom. The molecule has 0 aliphatic carbocycles. The summed E-state index contributed by atoms with van der Waals surface area (Å²) in [6.45, 7) is 1.23. The first-order valence-corrected chi connectivity index (χ1v) is 5.36. The standard InChI is InChI=1S/C12H15NO3/c1-13-7-5-9-10(13)3-2-4-11(9)16-8-6-12(14)15/h2-4H,5-8H2,1H3,(H,14,15). The quantitative estimate of drug-likeness (QED) is 0.837. The van der Waals surface area contributed by atoms with Crippen LogP contribution in [0, 0.1) is 0 Å². The van der Waals surface area contributed by atoms with Crippen LogP contribution in [-0.4, -0.2) is 31.3 Å². The molecule has 0 bridgehead atoms. The van der Waals surface area contributed by atoms with Gasteiger partial charge in [0, 0.05) is 24.8 Å². The summed E-state index contributed by atoms with van der Waals surface area (Å²) < 4.78 is 5.50. The molecule has 0 aromatic heterocycles. The maximum absolute atomic E-state index is 10.4. The van der Waals surface area contributed by atoms with Gasteiger partial charge in [0.05, 0.1) is 13.0 Å². The Balaban J connectivity index is 2.08. The van der Waals surface area contributed by atoms with Crippen molar-refractivity contribution in [3.8, 4) is 5.75 Å². The largest absolute Gasteiger partial charge is 0.493 e. The molecule has 1 aromatic rings. The Morgan fingerprint density at radius 3 is 3.12 bits per heavy atom. The minimum atomic E-state index is -0.829. The first-order chi connectivity index (χ1) is 7.68. The lowest BCUT2D eigenvalue weighted by molar-refractivity contribution is -0.137. The number of ether oxygens (including phenoxy) is 1. The fourth-order valence-corrected chi connectivity index (χ4v) is 1.95. The number of carboxylic acids is 1. The van der Waals surface area contributed by atoms with Crippen LogP contribution < -0.4 is 9.64 Å². The average molecular weight is 221 g/mol. The molecular weight excluding hydrogens is 206 g/mol. The number of hydrogen-bond acceptors (Lipinski definition) is 3. The van der Waals surface area contributed by atoms with Crippen molar-refractivity contribution < 1.29 is 14.6 Å². The van der Waals surface area contributed by atoms with Gasteiger partial charge in [-0.1, -0.05) is 6.07 Å². The third-order valence-electron chi connectivity index (χ3n) is 2.79. The second-order valence-electron chi connectivity index (χ2n) is 3.92. The van der Waals surface area contributed by atoms with Crippen LogP contribution in [0.25, 0.3) is 0 Å². The highest BCUT2D eigenvalue weighted by Crippen LogP contribution is 2.33. The highest BCUT2D eigenvalue weighted by atomic mass is 16.5. The molecule has 16 heavy (non-hydrogen) atoms. The van der Waals surface area contributed by atoms with Gasteiger partial charge in [-0.25, -0.2) is 0 Å². The van der Waals surface area contributed by atoms with Crippen molar-refractivity contribution in [2.45, 2.75) is 12.8 Å². The van der Waals surface area contributed by atoms with Gasteiger partial charge in [-0.15, -0.1) is 0 Å². The summed E-state index contributed by atoms with van der Waals surface area (Å²) in [6.07, 6.45) is 1.01. The van der Waals surface area contributed by atoms with E-state index in [2.05, 4.69) is 11.0 Å². The molecule has 0 fully saturated rings. The number of aliphatic carboxylic acids is 1. The minimum Gasteiger partial charge on any atom is -0.493 e. The normalized spacial score (nSPS) is 13.7. The Labute approximate surface area is 94.4 Å². The van der Waals surface area contributed by atoms with Crippen molar-refractivity contribution in [1.82, 2.24) is 0 Å². The second-order valence-corrected chi connectivity index (χ2v) is 3.92. The number of benzene rings is 1. The van der Waals surface area contributed by atoms with Gasteiger partial charge in [0.25, 0.3) is 0 Å². The van der Waals surface area contributed by atoms with E-state index in [-0.39, 0.29) is 13.0 Å². The summed E-state index contributed by atoms with van der Waals surface area (Å²) >= 11 is 0. The molecule has 4 nitrogen and oxygen atoms in total. The summed E-state index contributed by atoms with van der Waals surface area (Å²) in [4.78, 5) is 12.6. The monoisotopic (exact) mass is 221 g/mol. The van der Waals surface area contributed by atoms with Crippen LogP contribution in [0.3, 0.4) is 0 Å². The predicted molar refractivity (Wildman–Crippen MR) is 61.2 cm³/mol. The van der Waals surface area contributed by atoms with Crippen molar-refractivity contribution >= 4 is 11.7 Å². The molecule has 0 atom stereocenters. The number of nitrogens with zero attached hydrogens (tertiary/aromatic N) is 1. The van der Waals surface area contributed by atoms with Crippen LogP contribution in [-0.2, 0) is 11.2 Å². The number of likely N-dealkylation sites (N-methyl/N-ethyl adjacent to an activating group) is 1. The molecular formula is C12H15NO3. The van der Waals surface area contributed by atoms with Crippen molar-refractivity contribution in [3.05, 3.63) is 23.8 Å². The smallest absolute Gasteiger partial charge is 0.306 e. The molecule has 0 amide bonds. The van der Waals surface area contributed by atoms with Gasteiger partial charge in [-0.3, -0.25) is 4.79 Å². The predicted octanol–water partition coefficient (Wildman–Crippen LogP) is 1.53. The minimum absolute atomic E-state index is 0.0412. The number of hydrogen-bond donors (Lipinski definition) is 1. The lowest BCUT2D eigenvalue weighted by Gasteiger charge is -2.13. The summed E-state index contributed by atoms with van der Waals surface area (Å²) in [5.74, 6) is -0.00667. The Kier molecular flexibility index (Phi) is 2.99. The summed E-state index contributed by atoms with van der Waals surface area (Å²) in [7, 11) is 2.05. The van der Waals surface area contributed by atoms with E-state index < -0.39 is 5.97 Å². The molecule has 4 heteroatoms. The molecule has 0 spiro atoms. The van der Waals surface area contributed by atoms with Crippen molar-refractivity contribution in [2.24, 2.45) is 0 Å². The van der Waals surface area contributed by atoms with E-state index in [1.165, 1.54) is 11.3 Å². The van der Waals surface area contributed by atoms with Crippen LogP contribution in [0.1, 0.15) is 12.0 Å². The van der Waals surface area contributed by atoms with E-state index >= 15 is 0 Å². The zero-order chi connectivity index (χ0) is 11.5. The van der Waals surface area contributed by atoms with E-state index in [1.807, 2.05) is 19.2 Å². The van der Waals surface area contributed by atoms with Gasteiger partial charge in [0.15, 0.2) is 0 Å². The van der Waals surface area contributed by atoms with Crippen LogP contribution in [0.2, 0.25) is 0 Å². The molecule has 86 valence electrons. The Hall–Kier alpha value is -1.71. The van der Waals surface area contributed by atoms with E-state index in [0.29, 0.717) is 0 Å². The number of carboxylic acid groups (broad SMARTS) is 1. The maximum Gasteiger partial charge on any atom is 0.306 e. The lowest BCUT2D eigenvalue weighted by atomic mass is 10.1. The topological polar surface area (TPSA) is 49.8 Å². The third-order valence-corrected chi connectivity index (χ3v) is 2.79. The molecule has 0 radical (unpaired) electrons. The van der Waals surface area contributed by atoms with Crippen molar-refractivity contribution in [3.63, 3.8) is 0 Å². The van der Waals surface area contributed by atoms with Gasteiger partial charge >= 0.3 is 5.97 Å². The van der Waals surface area contributed by atoms with Crippen LogP contribution in [0.15, 0.2) is 18.2 Å². The Morgan fingerprint density at radius 1 is 1.56 bits per heavy atom. The van der Waals surface area contributed by atoms with Gasteiger partial charge in [0.2, 0.25) is 0 Å². The molecule has 0 unspecified atom stereocenters. The zero-order valence-electron chi connectivity index (χ0n) is 9.27. The van der Waals surface area contributed by atoms with Crippen molar-refractivity contribution in [1.29, 1.82) is 0 Å². The van der Waals surface area contributed by atoms with Crippen LogP contribution in [0.5, 0.6) is 5.75 Å². The zero-order valence-corrected chi connectivity index (χ0v) is 9.27. The van der Waals surface area contributed by atoms with E-state index in [1.54, 1.807) is 0 Å². The second kappa shape index (κ2) is 4.43. The lowest BCUT2D eigenvalue weighted by Crippen LogP contribution is -2.12. The molecule has 1 heterocycles. The fourth-order valence-electron chi connectivity index (χ4n) is 1.95. The van der Waals surface area contributed by atoms with E-state index in [4.69, 9.17) is 9.84 Å². The molecule has 1 aliphatic rings. The molecule has 1 N–H and O–H groups in total. The number of rotatable bonds is 4. The highest BCUT2D eigenvalue weighted by molar-refractivity contribution is 5.67. The van der Waals surface area contributed by atoms with E-state index in [9.17, 15) is 4.79 Å². The summed E-state index contributed by atoms with van der Waals surface area (Å²) in [5, 5.41) is 8.54. The molecule has 2 rings (SSSR count). The highest BCUT2D eigenvalue weighted by Gasteiger charge is 2.19. The SMILES string of the molecule is CN1CCc2c(OCCC(=O)O)cccc21. The van der Waals surface area contributed by atoms with Crippen molar-refractivity contribution in [2.75, 3.05) is 25.1 Å². The van der Waals surface area contributed by atoms with Crippen LogP contribution in [0.4, 0.5) is 5.69 Å². The number of carbonyl (C=O) groups is 1. The maximum atomic E-state index is 10.4. The molecule has 1 aliphatic heterocycles. The first-order valence-electron chi connectivity index (χ1n) is 5.36. The van der Waals surface area contributed by atoms with Gasteiger partial charge in [0.1, 0.15) is 5.75 Å². The summed E-state index contributed by atoms with van der Waals surface area (Å²) in [5.41, 5.74) is 2.38. The van der Waals surface area contributed by atoms with E-state index in [0.717, 1.165) is 18.7 Å². The molecule has 1 aromatic carbocycles. The molecule has 0 saturated carbocycles. The number of fused-ring (bicyclic) bond motifs is 1. The number of anilines is 1. The van der Waals surface area contributed by atoms with Gasteiger partial charge < -0.3 is 14.7 Å². The fraction of sp³-hybridized carbons (Fsp3) is 0.417. The molecule has 0 saturated heterocycles. The summed E-state index contributed by atoms with van der Waals surface area (Å²) in [6, 6.07) is 5.91. The first kappa shape index (κ1) is 10.8. The third kappa shape index (κ3) is 2.10. The van der Waals surface area contributed by atoms with Crippen LogP contribution >= 0.6 is 0 Å². The van der Waals surface area contributed by atoms with Gasteiger partial charge in [-0.05, 0) is 18.6 Å². The van der Waals surface area contributed by atoms with Gasteiger partial charge in [-0.2, -0.15) is 0 Å².